The monoisotopic (exact) mass is 393 g/mol. The molecule has 1 fully saturated rings. The Kier molecular flexibility index (Phi) is 6.05. The maximum atomic E-state index is 5.49. The Morgan fingerprint density at radius 1 is 0.893 bits per heavy atom. The molecule has 4 nitrogen and oxygen atoms in total. The van der Waals surface area contributed by atoms with Gasteiger partial charge in [0.25, 0.3) is 0 Å². The van der Waals surface area contributed by atoms with Crippen molar-refractivity contribution in [1.29, 1.82) is 0 Å². The van der Waals surface area contributed by atoms with Crippen LogP contribution in [0.1, 0.15) is 11.1 Å². The maximum Gasteiger partial charge on any atom is 0.190 e. The summed E-state index contributed by atoms with van der Waals surface area (Å²) in [7, 11) is 0. The van der Waals surface area contributed by atoms with Crippen LogP contribution in [0.25, 0.3) is 11.3 Å². The van der Waals surface area contributed by atoms with Gasteiger partial charge in [-0.05, 0) is 31.5 Å². The molecule has 2 aromatic carbocycles. The molecule has 28 heavy (non-hydrogen) atoms. The van der Waals surface area contributed by atoms with Gasteiger partial charge in [0, 0.05) is 31.6 Å². The van der Waals surface area contributed by atoms with E-state index >= 15 is 0 Å². The molecule has 0 amide bonds. The minimum Gasteiger partial charge on any atom is -0.379 e. The molecule has 0 saturated carbocycles. The number of morpholine rings is 1. The fraction of sp³-hybridized carbons (Fsp3) is 0.348. The number of rotatable bonds is 5. The van der Waals surface area contributed by atoms with Gasteiger partial charge < -0.3 is 9.30 Å². The molecule has 2 heterocycles. The van der Waals surface area contributed by atoms with Gasteiger partial charge >= 0.3 is 0 Å². The molecule has 0 unspecified atom stereocenters. The van der Waals surface area contributed by atoms with Crippen molar-refractivity contribution in [2.24, 2.45) is 4.99 Å². The van der Waals surface area contributed by atoms with Gasteiger partial charge in [0.15, 0.2) is 4.80 Å². The third-order valence-corrected chi connectivity index (χ3v) is 6.01. The van der Waals surface area contributed by atoms with Crippen LogP contribution in [0.4, 0.5) is 5.69 Å². The Labute approximate surface area is 170 Å². The first-order valence-corrected chi connectivity index (χ1v) is 10.7. The van der Waals surface area contributed by atoms with Crippen LogP contribution in [-0.2, 0) is 11.3 Å². The van der Waals surface area contributed by atoms with E-state index in [0.717, 1.165) is 49.9 Å². The van der Waals surface area contributed by atoms with Crippen LogP contribution < -0.4 is 4.80 Å². The molecule has 1 saturated heterocycles. The highest BCUT2D eigenvalue weighted by molar-refractivity contribution is 7.07. The molecule has 3 aromatic rings. The summed E-state index contributed by atoms with van der Waals surface area (Å²) in [5, 5.41) is 2.23. The summed E-state index contributed by atoms with van der Waals surface area (Å²) in [6.45, 7) is 9.86. The molecule has 146 valence electrons. The minimum atomic E-state index is 0.833. The van der Waals surface area contributed by atoms with Crippen LogP contribution in [0.5, 0.6) is 0 Å². The number of ether oxygens (including phenoxy) is 1. The highest BCUT2D eigenvalue weighted by atomic mass is 32.1. The minimum absolute atomic E-state index is 0.833. The van der Waals surface area contributed by atoms with Crippen molar-refractivity contribution >= 4 is 17.0 Å². The average Bonchev–Trinajstić information content (AvgIpc) is 3.12. The van der Waals surface area contributed by atoms with Crippen LogP contribution in [0.3, 0.4) is 0 Å². The third kappa shape index (κ3) is 4.61. The van der Waals surface area contributed by atoms with Crippen molar-refractivity contribution in [1.82, 2.24) is 9.47 Å². The summed E-state index contributed by atoms with van der Waals surface area (Å²) in [5.41, 5.74) is 6.02. The first-order chi connectivity index (χ1) is 13.7. The van der Waals surface area contributed by atoms with E-state index in [1.807, 2.05) is 0 Å². The van der Waals surface area contributed by atoms with Crippen molar-refractivity contribution in [3.05, 3.63) is 69.8 Å². The second-order valence-corrected chi connectivity index (χ2v) is 8.16. The first-order valence-electron chi connectivity index (χ1n) is 9.86. The second-order valence-electron chi connectivity index (χ2n) is 7.32. The van der Waals surface area contributed by atoms with Crippen LogP contribution in [-0.4, -0.2) is 42.3 Å². The number of nitrogens with zero attached hydrogens (tertiary/aromatic N) is 3. The van der Waals surface area contributed by atoms with E-state index in [4.69, 9.17) is 9.73 Å². The van der Waals surface area contributed by atoms with Crippen LogP contribution in [0.15, 0.2) is 58.9 Å². The van der Waals surface area contributed by atoms with Gasteiger partial charge in [-0.25, -0.2) is 4.99 Å². The second kappa shape index (κ2) is 8.86. The maximum absolute atomic E-state index is 5.49. The molecule has 0 aliphatic carbocycles. The van der Waals surface area contributed by atoms with Crippen LogP contribution in [0, 0.1) is 13.8 Å². The van der Waals surface area contributed by atoms with Crippen molar-refractivity contribution in [2.45, 2.75) is 20.4 Å². The van der Waals surface area contributed by atoms with Gasteiger partial charge in [-0.2, -0.15) is 0 Å². The quantitative estimate of drug-likeness (QED) is 0.643. The van der Waals surface area contributed by atoms with Gasteiger partial charge in [-0.3, -0.25) is 4.90 Å². The molecular weight excluding hydrogens is 366 g/mol. The van der Waals surface area contributed by atoms with Gasteiger partial charge in [-0.1, -0.05) is 47.5 Å². The summed E-state index contributed by atoms with van der Waals surface area (Å²) in [5.74, 6) is 0. The van der Waals surface area contributed by atoms with E-state index in [1.54, 1.807) is 11.3 Å². The number of hydrogen-bond donors (Lipinski definition) is 0. The van der Waals surface area contributed by atoms with E-state index in [9.17, 15) is 0 Å². The van der Waals surface area contributed by atoms with Crippen molar-refractivity contribution in [3.8, 4) is 11.3 Å². The largest absolute Gasteiger partial charge is 0.379 e. The molecule has 1 aromatic heterocycles. The summed E-state index contributed by atoms with van der Waals surface area (Å²) in [6, 6.07) is 17.2. The Morgan fingerprint density at radius 3 is 2.21 bits per heavy atom. The smallest absolute Gasteiger partial charge is 0.190 e. The van der Waals surface area contributed by atoms with Crippen molar-refractivity contribution in [2.75, 3.05) is 32.8 Å². The molecular formula is C23H27N3OS. The van der Waals surface area contributed by atoms with Crippen molar-refractivity contribution < 1.29 is 4.74 Å². The van der Waals surface area contributed by atoms with Gasteiger partial charge in [0.2, 0.25) is 0 Å². The zero-order chi connectivity index (χ0) is 19.3. The fourth-order valence-electron chi connectivity index (χ4n) is 3.39. The molecule has 0 N–H and O–H groups in total. The van der Waals surface area contributed by atoms with E-state index in [1.165, 1.54) is 22.4 Å². The highest BCUT2D eigenvalue weighted by Crippen LogP contribution is 2.22. The molecule has 5 heteroatoms. The standard InChI is InChI=1S/C23H27N3OS/c1-18-3-7-20(8-4-18)22-17-28-23(24-21-9-5-19(2)6-10-21)26(22)12-11-25-13-15-27-16-14-25/h3-10,17H,11-16H2,1-2H3. The predicted octanol–water partition coefficient (Wildman–Crippen LogP) is 4.40. The lowest BCUT2D eigenvalue weighted by Crippen LogP contribution is -2.39. The number of aromatic nitrogens is 1. The summed E-state index contributed by atoms with van der Waals surface area (Å²) >= 11 is 1.71. The normalized spacial score (nSPS) is 15.9. The molecule has 4 rings (SSSR count). The molecule has 0 radical (unpaired) electrons. The number of hydrogen-bond acceptors (Lipinski definition) is 4. The highest BCUT2D eigenvalue weighted by Gasteiger charge is 2.13. The predicted molar refractivity (Wildman–Crippen MR) is 116 cm³/mol. The molecule has 0 atom stereocenters. The van der Waals surface area contributed by atoms with Gasteiger partial charge in [0.1, 0.15) is 0 Å². The molecule has 1 aliphatic heterocycles. The van der Waals surface area contributed by atoms with Gasteiger partial charge in [0.05, 0.1) is 24.6 Å². The topological polar surface area (TPSA) is 29.8 Å². The Morgan fingerprint density at radius 2 is 1.54 bits per heavy atom. The Balaban J connectivity index is 1.68. The van der Waals surface area contributed by atoms with Crippen LogP contribution in [0.2, 0.25) is 0 Å². The van der Waals surface area contributed by atoms with Crippen molar-refractivity contribution in [3.63, 3.8) is 0 Å². The average molecular weight is 394 g/mol. The zero-order valence-electron chi connectivity index (χ0n) is 16.6. The SMILES string of the molecule is Cc1ccc(N=c2scc(-c3ccc(C)cc3)n2CCN2CCOCC2)cc1. The Bertz CT molecular complexity index is 964. The number of aryl methyl sites for hydroxylation is 2. The lowest BCUT2D eigenvalue weighted by Gasteiger charge is -2.26. The summed E-state index contributed by atoms with van der Waals surface area (Å²) in [4.78, 5) is 8.47. The van der Waals surface area contributed by atoms with E-state index in [0.29, 0.717) is 0 Å². The van der Waals surface area contributed by atoms with E-state index in [-0.39, 0.29) is 0 Å². The number of thiazole rings is 1. The van der Waals surface area contributed by atoms with E-state index < -0.39 is 0 Å². The Hall–Kier alpha value is -2.21. The molecule has 0 bridgehead atoms. The first kappa shape index (κ1) is 19.1. The fourth-order valence-corrected chi connectivity index (χ4v) is 4.34. The lowest BCUT2D eigenvalue weighted by atomic mass is 10.1. The summed E-state index contributed by atoms with van der Waals surface area (Å²) in [6.07, 6.45) is 0. The number of benzene rings is 2. The molecule has 0 spiro atoms. The summed E-state index contributed by atoms with van der Waals surface area (Å²) < 4.78 is 7.85. The van der Waals surface area contributed by atoms with Gasteiger partial charge in [-0.15, -0.1) is 11.3 Å². The zero-order valence-corrected chi connectivity index (χ0v) is 17.4. The molecule has 1 aliphatic rings. The third-order valence-electron chi connectivity index (χ3n) is 5.15. The van der Waals surface area contributed by atoms with Crippen LogP contribution >= 0.6 is 11.3 Å². The van der Waals surface area contributed by atoms with E-state index in [2.05, 4.69) is 77.2 Å². The lowest BCUT2D eigenvalue weighted by molar-refractivity contribution is 0.0363.